The molecule has 0 aliphatic carbocycles. The fourth-order valence-corrected chi connectivity index (χ4v) is 2.83. The van der Waals surface area contributed by atoms with Gasteiger partial charge in [-0.1, -0.05) is 25.5 Å². The maximum absolute atomic E-state index is 12.3. The molecule has 1 N–H and O–H groups in total. The van der Waals surface area contributed by atoms with Crippen molar-refractivity contribution in [1.82, 2.24) is 0 Å². The number of carbonyl (C=O) groups is 1. The first-order valence-electron chi connectivity index (χ1n) is 6.45. The molecule has 0 atom stereocenters. The van der Waals surface area contributed by atoms with Crippen LogP contribution in [-0.4, -0.2) is 5.91 Å². The maximum Gasteiger partial charge on any atom is 0.256 e. The molecule has 0 aliphatic heterocycles. The lowest BCUT2D eigenvalue weighted by atomic mass is 10.1. The molecule has 1 amide bonds. The molecule has 4 heteroatoms. The van der Waals surface area contributed by atoms with Gasteiger partial charge < -0.3 is 5.32 Å². The molecule has 2 nitrogen and oxygen atoms in total. The molecule has 0 heterocycles. The third kappa shape index (κ3) is 4.06. The first-order valence-corrected chi connectivity index (χ1v) is 8.32. The fourth-order valence-electron chi connectivity index (χ4n) is 1.91. The van der Waals surface area contributed by atoms with Gasteiger partial charge in [0.25, 0.3) is 5.91 Å². The Morgan fingerprint density at radius 1 is 1.20 bits per heavy atom. The predicted octanol–water partition coefficient (Wildman–Crippen LogP) is 5.26. The number of hydrogen-bond donors (Lipinski definition) is 1. The lowest BCUT2D eigenvalue weighted by molar-refractivity contribution is 0.102. The van der Waals surface area contributed by atoms with E-state index >= 15 is 0 Å². The third-order valence-corrected chi connectivity index (χ3v) is 4.29. The van der Waals surface area contributed by atoms with Crippen LogP contribution in [0.4, 0.5) is 5.69 Å². The summed E-state index contributed by atoms with van der Waals surface area (Å²) in [6, 6.07) is 13.7. The zero-order valence-electron chi connectivity index (χ0n) is 11.1. The van der Waals surface area contributed by atoms with E-state index in [0.717, 1.165) is 26.6 Å². The second-order valence-electron chi connectivity index (χ2n) is 4.53. The molecule has 0 spiro atoms. The number of nitrogens with one attached hydrogen (secondary N) is 1. The lowest BCUT2D eigenvalue weighted by Crippen LogP contribution is -2.12. The summed E-state index contributed by atoms with van der Waals surface area (Å²) in [5.41, 5.74) is 2.76. The Kier molecular flexibility index (Phi) is 5.60. The van der Waals surface area contributed by atoms with Gasteiger partial charge in [-0.3, -0.25) is 4.79 Å². The molecule has 0 aliphatic rings. The summed E-state index contributed by atoms with van der Waals surface area (Å²) in [5, 5.41) is 2.92. The molecule has 0 fully saturated rings. The highest BCUT2D eigenvalue weighted by atomic mass is 127. The number of halogens is 2. The molecule has 0 aromatic heterocycles. The smallest absolute Gasteiger partial charge is 0.256 e. The quantitative estimate of drug-likeness (QED) is 0.641. The number of anilines is 1. The van der Waals surface area contributed by atoms with Gasteiger partial charge in [0.1, 0.15) is 0 Å². The van der Waals surface area contributed by atoms with Gasteiger partial charge in [0.05, 0.1) is 5.56 Å². The Labute approximate surface area is 141 Å². The van der Waals surface area contributed by atoms with Gasteiger partial charge in [0.15, 0.2) is 0 Å². The molecular formula is C16H15BrINO. The molecule has 20 heavy (non-hydrogen) atoms. The van der Waals surface area contributed by atoms with Crippen LogP contribution in [-0.2, 0) is 6.42 Å². The summed E-state index contributed by atoms with van der Waals surface area (Å²) in [6.45, 7) is 2.16. The van der Waals surface area contributed by atoms with E-state index in [4.69, 9.17) is 0 Å². The van der Waals surface area contributed by atoms with Gasteiger partial charge in [-0.05, 0) is 80.8 Å². The standard InChI is InChI=1S/C16H15BrINO/c1-2-3-11-4-7-13(8-5-11)19-16(20)14-10-12(18)6-9-15(14)17/h4-10H,2-3H2,1H3,(H,19,20). The van der Waals surface area contributed by atoms with Gasteiger partial charge in [-0.25, -0.2) is 0 Å². The van der Waals surface area contributed by atoms with E-state index in [2.05, 4.69) is 62.9 Å². The Bertz CT molecular complexity index is 610. The summed E-state index contributed by atoms with van der Waals surface area (Å²) in [6.07, 6.45) is 2.19. The number of carbonyl (C=O) groups excluding carboxylic acids is 1. The molecule has 2 aromatic rings. The maximum atomic E-state index is 12.3. The van der Waals surface area contributed by atoms with E-state index in [-0.39, 0.29) is 5.91 Å². The van der Waals surface area contributed by atoms with Gasteiger partial charge in [-0.15, -0.1) is 0 Å². The number of amides is 1. The van der Waals surface area contributed by atoms with Crippen LogP contribution in [0.2, 0.25) is 0 Å². The van der Waals surface area contributed by atoms with Crippen molar-refractivity contribution in [3.05, 3.63) is 61.6 Å². The minimum absolute atomic E-state index is 0.0985. The van der Waals surface area contributed by atoms with Crippen molar-refractivity contribution in [2.75, 3.05) is 5.32 Å². The normalized spacial score (nSPS) is 10.3. The molecule has 2 aromatic carbocycles. The van der Waals surface area contributed by atoms with Gasteiger partial charge >= 0.3 is 0 Å². The largest absolute Gasteiger partial charge is 0.322 e. The van der Waals surface area contributed by atoms with E-state index in [0.29, 0.717) is 5.56 Å². The Balaban J connectivity index is 2.13. The van der Waals surface area contributed by atoms with Crippen LogP contribution in [0.1, 0.15) is 29.3 Å². The van der Waals surface area contributed by atoms with E-state index in [1.54, 1.807) is 0 Å². The summed E-state index contributed by atoms with van der Waals surface area (Å²) in [4.78, 5) is 12.3. The molecular weight excluding hydrogens is 429 g/mol. The molecule has 0 saturated heterocycles. The summed E-state index contributed by atoms with van der Waals surface area (Å²) >= 11 is 5.61. The molecule has 104 valence electrons. The average molecular weight is 444 g/mol. The lowest BCUT2D eigenvalue weighted by Gasteiger charge is -2.08. The van der Waals surface area contributed by atoms with Gasteiger partial charge in [0.2, 0.25) is 0 Å². The van der Waals surface area contributed by atoms with E-state index in [1.165, 1.54) is 5.56 Å². The van der Waals surface area contributed by atoms with Crippen molar-refractivity contribution in [2.24, 2.45) is 0 Å². The molecule has 0 saturated carbocycles. The second-order valence-corrected chi connectivity index (χ2v) is 6.63. The van der Waals surface area contributed by atoms with E-state index in [9.17, 15) is 4.79 Å². The zero-order valence-corrected chi connectivity index (χ0v) is 14.9. The van der Waals surface area contributed by atoms with Crippen molar-refractivity contribution in [1.29, 1.82) is 0 Å². The highest BCUT2D eigenvalue weighted by molar-refractivity contribution is 14.1. The van der Waals surface area contributed by atoms with Crippen molar-refractivity contribution >= 4 is 50.1 Å². The second kappa shape index (κ2) is 7.22. The van der Waals surface area contributed by atoms with E-state index in [1.807, 2.05) is 30.3 Å². The van der Waals surface area contributed by atoms with Gasteiger partial charge in [0, 0.05) is 13.7 Å². The summed E-state index contributed by atoms with van der Waals surface area (Å²) in [7, 11) is 0. The number of aryl methyl sites for hydroxylation is 1. The first kappa shape index (κ1) is 15.5. The average Bonchev–Trinajstić information content (AvgIpc) is 2.44. The SMILES string of the molecule is CCCc1ccc(NC(=O)c2cc(I)ccc2Br)cc1. The van der Waals surface area contributed by atoms with Crippen LogP contribution < -0.4 is 5.32 Å². The topological polar surface area (TPSA) is 29.1 Å². The minimum Gasteiger partial charge on any atom is -0.322 e. The summed E-state index contributed by atoms with van der Waals surface area (Å²) < 4.78 is 1.84. The van der Waals surface area contributed by atoms with Crippen molar-refractivity contribution in [3.8, 4) is 0 Å². The number of rotatable bonds is 4. The van der Waals surface area contributed by atoms with Crippen molar-refractivity contribution < 1.29 is 4.79 Å². The highest BCUT2D eigenvalue weighted by Crippen LogP contribution is 2.21. The van der Waals surface area contributed by atoms with Crippen LogP contribution in [0.15, 0.2) is 46.9 Å². The summed E-state index contributed by atoms with van der Waals surface area (Å²) in [5.74, 6) is -0.0985. The molecule has 0 bridgehead atoms. The van der Waals surface area contributed by atoms with Gasteiger partial charge in [-0.2, -0.15) is 0 Å². The van der Waals surface area contributed by atoms with Crippen molar-refractivity contribution in [2.45, 2.75) is 19.8 Å². The predicted molar refractivity (Wildman–Crippen MR) is 95.2 cm³/mol. The van der Waals surface area contributed by atoms with Crippen molar-refractivity contribution in [3.63, 3.8) is 0 Å². The molecule has 0 radical (unpaired) electrons. The Hall–Kier alpha value is -0.880. The van der Waals surface area contributed by atoms with Crippen LogP contribution in [0.3, 0.4) is 0 Å². The monoisotopic (exact) mass is 443 g/mol. The fraction of sp³-hybridized carbons (Fsp3) is 0.188. The first-order chi connectivity index (χ1) is 9.60. The number of hydrogen-bond acceptors (Lipinski definition) is 1. The Morgan fingerprint density at radius 3 is 2.55 bits per heavy atom. The highest BCUT2D eigenvalue weighted by Gasteiger charge is 2.10. The van der Waals surface area contributed by atoms with Crippen LogP contribution in [0.5, 0.6) is 0 Å². The van der Waals surface area contributed by atoms with Crippen LogP contribution >= 0.6 is 38.5 Å². The van der Waals surface area contributed by atoms with Crippen LogP contribution in [0.25, 0.3) is 0 Å². The van der Waals surface area contributed by atoms with E-state index < -0.39 is 0 Å². The zero-order chi connectivity index (χ0) is 14.5. The minimum atomic E-state index is -0.0985. The number of benzene rings is 2. The molecule has 0 unspecified atom stereocenters. The molecule has 2 rings (SSSR count). The third-order valence-electron chi connectivity index (χ3n) is 2.92. The van der Waals surface area contributed by atoms with Crippen LogP contribution in [0, 0.1) is 3.57 Å². The Morgan fingerprint density at radius 2 is 1.90 bits per heavy atom.